The third-order valence-electron chi connectivity index (χ3n) is 2.88. The predicted molar refractivity (Wildman–Crippen MR) is 77.0 cm³/mol. The minimum absolute atomic E-state index is 0.173. The van der Waals surface area contributed by atoms with Crippen LogP contribution in [0.15, 0.2) is 36.4 Å². The summed E-state index contributed by atoms with van der Waals surface area (Å²) in [5.41, 5.74) is 0.303. The minimum atomic E-state index is -0.685. The van der Waals surface area contributed by atoms with Crippen LogP contribution in [0.5, 0.6) is 0 Å². The number of halogens is 1. The zero-order valence-corrected chi connectivity index (χ0v) is 11.1. The first-order chi connectivity index (χ1) is 10.1. The van der Waals surface area contributed by atoms with Crippen molar-refractivity contribution in [1.29, 1.82) is 5.26 Å². The van der Waals surface area contributed by atoms with Crippen molar-refractivity contribution < 1.29 is 9.31 Å². The molecule has 0 amide bonds. The van der Waals surface area contributed by atoms with Crippen molar-refractivity contribution >= 4 is 22.7 Å². The van der Waals surface area contributed by atoms with Crippen molar-refractivity contribution in [3.05, 3.63) is 57.9 Å². The van der Waals surface area contributed by atoms with Gasteiger partial charge in [0, 0.05) is 7.05 Å². The number of rotatable bonds is 4. The van der Waals surface area contributed by atoms with Gasteiger partial charge in [-0.05, 0) is 24.3 Å². The zero-order valence-electron chi connectivity index (χ0n) is 11.1. The van der Waals surface area contributed by atoms with E-state index in [0.29, 0.717) is 5.69 Å². The molecule has 0 heterocycles. The fourth-order valence-electron chi connectivity index (χ4n) is 1.93. The van der Waals surface area contributed by atoms with E-state index < -0.39 is 10.7 Å². The third-order valence-corrected chi connectivity index (χ3v) is 2.88. The monoisotopic (exact) mass is 286 g/mol. The van der Waals surface area contributed by atoms with Crippen molar-refractivity contribution in [2.45, 2.75) is 0 Å². The molecule has 0 fully saturated rings. The van der Waals surface area contributed by atoms with Crippen LogP contribution in [0.3, 0.4) is 0 Å². The van der Waals surface area contributed by atoms with E-state index in [0.717, 1.165) is 6.07 Å². The lowest BCUT2D eigenvalue weighted by atomic mass is 10.1. The van der Waals surface area contributed by atoms with Gasteiger partial charge in [-0.3, -0.25) is 10.1 Å². The molecule has 0 unspecified atom stereocenters. The van der Waals surface area contributed by atoms with E-state index in [1.807, 2.05) is 0 Å². The number of anilines is 3. The Hall–Kier alpha value is -3.14. The molecule has 2 aromatic rings. The number of nitrogens with one attached hydrogen (secondary N) is 2. The first kappa shape index (κ1) is 14.3. The summed E-state index contributed by atoms with van der Waals surface area (Å²) in [6.07, 6.45) is 0. The number of para-hydroxylation sites is 1. The lowest BCUT2D eigenvalue weighted by molar-refractivity contribution is -0.383. The molecule has 0 saturated carbocycles. The molecule has 0 aliphatic rings. The van der Waals surface area contributed by atoms with Crippen molar-refractivity contribution in [2.24, 2.45) is 0 Å². The molecule has 0 atom stereocenters. The number of nitro benzene ring substituents is 1. The molecule has 0 radical (unpaired) electrons. The van der Waals surface area contributed by atoms with E-state index in [-0.39, 0.29) is 22.6 Å². The normalized spacial score (nSPS) is 9.76. The van der Waals surface area contributed by atoms with Gasteiger partial charge >= 0.3 is 5.69 Å². The Morgan fingerprint density at radius 2 is 1.81 bits per heavy atom. The highest BCUT2D eigenvalue weighted by molar-refractivity contribution is 5.80. The molecule has 0 saturated heterocycles. The van der Waals surface area contributed by atoms with Gasteiger partial charge in [0.25, 0.3) is 0 Å². The van der Waals surface area contributed by atoms with Crippen LogP contribution in [0.2, 0.25) is 0 Å². The van der Waals surface area contributed by atoms with Crippen molar-refractivity contribution in [3.63, 3.8) is 0 Å². The molecule has 7 heteroatoms. The van der Waals surface area contributed by atoms with Gasteiger partial charge < -0.3 is 10.6 Å². The van der Waals surface area contributed by atoms with Gasteiger partial charge in [-0.1, -0.05) is 12.1 Å². The zero-order chi connectivity index (χ0) is 15.4. The predicted octanol–water partition coefficient (Wildman–Crippen LogP) is 3.39. The summed E-state index contributed by atoms with van der Waals surface area (Å²) in [5, 5.41) is 25.6. The molecule has 6 nitrogen and oxygen atoms in total. The highest BCUT2D eigenvalue weighted by Gasteiger charge is 2.20. The van der Waals surface area contributed by atoms with Gasteiger partial charge in [0.15, 0.2) is 0 Å². The van der Waals surface area contributed by atoms with Crippen LogP contribution in [0.1, 0.15) is 5.56 Å². The summed E-state index contributed by atoms with van der Waals surface area (Å²) in [6.45, 7) is 0. The number of hydrogen-bond acceptors (Lipinski definition) is 5. The molecule has 0 aliphatic carbocycles. The van der Waals surface area contributed by atoms with E-state index in [1.165, 1.54) is 18.2 Å². The van der Waals surface area contributed by atoms with Crippen LogP contribution in [0, 0.1) is 27.3 Å². The average Bonchev–Trinajstić information content (AvgIpc) is 2.47. The first-order valence-electron chi connectivity index (χ1n) is 5.99. The SMILES string of the molecule is CNc1cccc(Nc2cccc(F)c2C#N)c1[N+](=O)[O-]. The van der Waals surface area contributed by atoms with Crippen LogP contribution < -0.4 is 10.6 Å². The second-order valence-corrected chi connectivity index (χ2v) is 4.11. The Morgan fingerprint density at radius 1 is 1.19 bits per heavy atom. The van der Waals surface area contributed by atoms with Gasteiger partial charge in [0.1, 0.15) is 28.8 Å². The van der Waals surface area contributed by atoms with E-state index in [9.17, 15) is 14.5 Å². The molecule has 0 bridgehead atoms. The Kier molecular flexibility index (Phi) is 4.00. The molecule has 0 aromatic heterocycles. The summed E-state index contributed by atoms with van der Waals surface area (Å²) in [4.78, 5) is 10.7. The standard InChI is InChI=1S/C14H11FN4O2/c1-17-12-6-3-7-13(14(12)19(20)21)18-11-5-2-4-10(15)9(11)8-16/h2-7,17-18H,1H3. The Labute approximate surface area is 120 Å². The maximum Gasteiger partial charge on any atom is 0.315 e. The fourth-order valence-corrected chi connectivity index (χ4v) is 1.93. The van der Waals surface area contributed by atoms with Crippen molar-refractivity contribution in [1.82, 2.24) is 0 Å². The molecule has 2 N–H and O–H groups in total. The summed E-state index contributed by atoms with van der Waals surface area (Å²) in [7, 11) is 1.56. The molecule has 106 valence electrons. The summed E-state index contributed by atoms with van der Waals surface area (Å²) < 4.78 is 13.5. The lowest BCUT2D eigenvalue weighted by Gasteiger charge is -2.11. The lowest BCUT2D eigenvalue weighted by Crippen LogP contribution is -2.02. The Bertz CT molecular complexity index is 740. The molecular weight excluding hydrogens is 275 g/mol. The van der Waals surface area contributed by atoms with Crippen molar-refractivity contribution in [2.75, 3.05) is 17.7 Å². The van der Waals surface area contributed by atoms with Gasteiger partial charge in [0.2, 0.25) is 0 Å². The largest absolute Gasteiger partial charge is 0.382 e. The number of nitrogens with zero attached hydrogens (tertiary/aromatic N) is 2. The van der Waals surface area contributed by atoms with Gasteiger partial charge in [-0.15, -0.1) is 0 Å². The second-order valence-electron chi connectivity index (χ2n) is 4.11. The second kappa shape index (κ2) is 5.88. The Morgan fingerprint density at radius 3 is 2.43 bits per heavy atom. The van der Waals surface area contributed by atoms with Crippen LogP contribution in [-0.4, -0.2) is 12.0 Å². The first-order valence-corrected chi connectivity index (χ1v) is 5.99. The maximum absolute atomic E-state index is 13.5. The molecule has 21 heavy (non-hydrogen) atoms. The van der Waals surface area contributed by atoms with E-state index in [2.05, 4.69) is 10.6 Å². The van der Waals surface area contributed by atoms with E-state index in [4.69, 9.17) is 5.26 Å². The minimum Gasteiger partial charge on any atom is -0.382 e. The Balaban J connectivity index is 2.53. The van der Waals surface area contributed by atoms with Crippen LogP contribution >= 0.6 is 0 Å². The quantitative estimate of drug-likeness (QED) is 0.664. The third kappa shape index (κ3) is 2.74. The number of nitro groups is 1. The smallest absolute Gasteiger partial charge is 0.315 e. The number of hydrogen-bond donors (Lipinski definition) is 2. The summed E-state index contributed by atoms with van der Waals surface area (Å²) in [5.74, 6) is -0.685. The van der Waals surface area contributed by atoms with Gasteiger partial charge in [0.05, 0.1) is 10.6 Å². The molecule has 2 aromatic carbocycles. The number of benzene rings is 2. The molecule has 0 aliphatic heterocycles. The van der Waals surface area contributed by atoms with E-state index in [1.54, 1.807) is 25.2 Å². The van der Waals surface area contributed by atoms with Crippen LogP contribution in [-0.2, 0) is 0 Å². The van der Waals surface area contributed by atoms with Crippen LogP contribution in [0.4, 0.5) is 27.1 Å². The topological polar surface area (TPSA) is 91.0 Å². The highest BCUT2D eigenvalue weighted by atomic mass is 19.1. The van der Waals surface area contributed by atoms with Gasteiger partial charge in [-0.2, -0.15) is 5.26 Å². The van der Waals surface area contributed by atoms with Crippen molar-refractivity contribution in [3.8, 4) is 6.07 Å². The molecule has 0 spiro atoms. The maximum atomic E-state index is 13.5. The molecule has 2 rings (SSSR count). The van der Waals surface area contributed by atoms with E-state index >= 15 is 0 Å². The van der Waals surface area contributed by atoms with Crippen LogP contribution in [0.25, 0.3) is 0 Å². The fraction of sp³-hybridized carbons (Fsp3) is 0.0714. The summed E-state index contributed by atoms with van der Waals surface area (Å²) in [6, 6.07) is 10.5. The summed E-state index contributed by atoms with van der Waals surface area (Å²) >= 11 is 0. The van der Waals surface area contributed by atoms with Gasteiger partial charge in [-0.25, -0.2) is 4.39 Å². The number of nitriles is 1. The average molecular weight is 286 g/mol. The molecular formula is C14H11FN4O2. The highest BCUT2D eigenvalue weighted by Crippen LogP contribution is 2.35.